The second kappa shape index (κ2) is 8.56. The van der Waals surface area contributed by atoms with Gasteiger partial charge in [-0.05, 0) is 43.7 Å². The van der Waals surface area contributed by atoms with E-state index < -0.39 is 0 Å². The molecule has 0 atom stereocenters. The first kappa shape index (κ1) is 19.4. The molecule has 1 amide bonds. The van der Waals surface area contributed by atoms with Gasteiger partial charge in [-0.15, -0.1) is 0 Å². The lowest BCUT2D eigenvalue weighted by molar-refractivity contribution is 0.0784. The summed E-state index contributed by atoms with van der Waals surface area (Å²) >= 11 is 0. The Morgan fingerprint density at radius 3 is 2.68 bits per heavy atom. The second-order valence-electron chi connectivity index (χ2n) is 6.48. The normalized spacial score (nSPS) is 10.6. The average Bonchev–Trinajstić information content (AvgIpc) is 3.04. The monoisotopic (exact) mass is 381 g/mol. The molecule has 7 heteroatoms. The van der Waals surface area contributed by atoms with Crippen molar-refractivity contribution < 1.29 is 18.8 Å². The predicted molar refractivity (Wildman–Crippen MR) is 103 cm³/mol. The van der Waals surface area contributed by atoms with E-state index in [1.807, 2.05) is 26.0 Å². The number of hydrogen-bond acceptors (Lipinski definition) is 6. The molecule has 0 spiro atoms. The van der Waals surface area contributed by atoms with Gasteiger partial charge in [-0.2, -0.15) is 0 Å². The van der Waals surface area contributed by atoms with E-state index in [-0.39, 0.29) is 5.91 Å². The molecule has 3 aromatic rings. The van der Waals surface area contributed by atoms with Crippen LogP contribution < -0.4 is 9.47 Å². The highest BCUT2D eigenvalue weighted by atomic mass is 16.5. The average molecular weight is 381 g/mol. The van der Waals surface area contributed by atoms with Crippen molar-refractivity contribution >= 4 is 5.91 Å². The Balaban J connectivity index is 1.72. The Morgan fingerprint density at radius 2 is 2.04 bits per heavy atom. The van der Waals surface area contributed by atoms with Gasteiger partial charge in [-0.1, -0.05) is 11.2 Å². The van der Waals surface area contributed by atoms with Gasteiger partial charge in [0.25, 0.3) is 5.91 Å². The summed E-state index contributed by atoms with van der Waals surface area (Å²) in [6, 6.07) is 8.94. The Bertz CT molecular complexity index is 934. The molecule has 0 saturated carbocycles. The fraction of sp³-hybridized carbons (Fsp3) is 0.286. The van der Waals surface area contributed by atoms with E-state index in [1.165, 1.54) is 0 Å². The van der Waals surface area contributed by atoms with Crippen molar-refractivity contribution in [1.82, 2.24) is 15.0 Å². The molecule has 0 N–H and O–H groups in total. The first-order chi connectivity index (χ1) is 13.5. The highest BCUT2D eigenvalue weighted by Gasteiger charge is 2.16. The lowest BCUT2D eigenvalue weighted by Crippen LogP contribution is -2.26. The molecule has 3 rings (SSSR count). The number of aryl methyl sites for hydroxylation is 2. The van der Waals surface area contributed by atoms with Crippen molar-refractivity contribution in [2.24, 2.45) is 0 Å². The van der Waals surface area contributed by atoms with E-state index in [4.69, 9.17) is 14.0 Å². The molecule has 0 aliphatic heterocycles. The van der Waals surface area contributed by atoms with E-state index in [0.29, 0.717) is 30.2 Å². The fourth-order valence-corrected chi connectivity index (χ4v) is 2.84. The van der Waals surface area contributed by atoms with Crippen molar-refractivity contribution in [3.63, 3.8) is 0 Å². The van der Waals surface area contributed by atoms with Crippen LogP contribution in [0.15, 0.2) is 47.2 Å². The zero-order valence-corrected chi connectivity index (χ0v) is 16.4. The molecular weight excluding hydrogens is 358 g/mol. The summed E-state index contributed by atoms with van der Waals surface area (Å²) in [4.78, 5) is 18.5. The summed E-state index contributed by atoms with van der Waals surface area (Å²) < 4.78 is 16.4. The zero-order chi connectivity index (χ0) is 20.1. The molecule has 0 aliphatic carbocycles. The van der Waals surface area contributed by atoms with Crippen LogP contribution in [0.2, 0.25) is 0 Å². The minimum atomic E-state index is -0.112. The Labute approximate surface area is 163 Å². The molecule has 2 heterocycles. The summed E-state index contributed by atoms with van der Waals surface area (Å²) in [6.45, 7) is 4.49. The quantitative estimate of drug-likeness (QED) is 0.623. The third kappa shape index (κ3) is 4.31. The molecule has 0 saturated heterocycles. The van der Waals surface area contributed by atoms with Gasteiger partial charge < -0.3 is 18.9 Å². The Kier molecular flexibility index (Phi) is 5.93. The van der Waals surface area contributed by atoms with Crippen molar-refractivity contribution in [2.75, 3.05) is 14.2 Å². The van der Waals surface area contributed by atoms with Gasteiger partial charge in [0.15, 0.2) is 11.5 Å². The van der Waals surface area contributed by atoms with Crippen molar-refractivity contribution in [3.8, 4) is 11.5 Å². The van der Waals surface area contributed by atoms with Gasteiger partial charge >= 0.3 is 0 Å². The van der Waals surface area contributed by atoms with Gasteiger partial charge in [-0.3, -0.25) is 9.78 Å². The molecule has 0 bridgehead atoms. The van der Waals surface area contributed by atoms with Crippen LogP contribution in [0.1, 0.15) is 32.9 Å². The number of aromatic nitrogens is 2. The van der Waals surface area contributed by atoms with Gasteiger partial charge in [0, 0.05) is 31.5 Å². The highest BCUT2D eigenvalue weighted by Crippen LogP contribution is 2.30. The standard InChI is InChI=1S/C21H23N3O4/c1-14-18(15(2)28-23-14)13-27-19-8-7-17(10-20(19)26-4)21(25)24(3)12-16-6-5-9-22-11-16/h5-11H,12-13H2,1-4H3. The number of hydrogen-bond donors (Lipinski definition) is 0. The smallest absolute Gasteiger partial charge is 0.254 e. The predicted octanol–water partition coefficient (Wildman–Crippen LogP) is 3.55. The summed E-state index contributed by atoms with van der Waals surface area (Å²) in [7, 11) is 3.30. The van der Waals surface area contributed by atoms with Gasteiger partial charge in [0.05, 0.1) is 18.4 Å². The van der Waals surface area contributed by atoms with Crippen LogP contribution in [0.5, 0.6) is 11.5 Å². The summed E-state index contributed by atoms with van der Waals surface area (Å²) in [5, 5.41) is 3.92. The molecule has 2 aromatic heterocycles. The van der Waals surface area contributed by atoms with Gasteiger partial charge in [-0.25, -0.2) is 0 Å². The number of methoxy groups -OCH3 is 1. The largest absolute Gasteiger partial charge is 0.493 e. The second-order valence-corrected chi connectivity index (χ2v) is 6.48. The molecule has 0 aliphatic rings. The summed E-state index contributed by atoms with van der Waals surface area (Å²) in [6.07, 6.45) is 3.45. The maximum atomic E-state index is 12.8. The number of carbonyl (C=O) groups excluding carboxylic acids is 1. The molecule has 7 nitrogen and oxygen atoms in total. The number of carbonyl (C=O) groups is 1. The number of pyridine rings is 1. The van der Waals surface area contributed by atoms with Gasteiger partial charge in [0.1, 0.15) is 12.4 Å². The maximum Gasteiger partial charge on any atom is 0.254 e. The molecular formula is C21H23N3O4. The Hall–Kier alpha value is -3.35. The highest BCUT2D eigenvalue weighted by molar-refractivity contribution is 5.94. The molecule has 28 heavy (non-hydrogen) atoms. The number of benzene rings is 1. The van der Waals surface area contributed by atoms with Crippen LogP contribution in [0.25, 0.3) is 0 Å². The van der Waals surface area contributed by atoms with Crippen molar-refractivity contribution in [1.29, 1.82) is 0 Å². The first-order valence-electron chi connectivity index (χ1n) is 8.86. The van der Waals surface area contributed by atoms with E-state index >= 15 is 0 Å². The number of ether oxygens (including phenoxy) is 2. The third-order valence-electron chi connectivity index (χ3n) is 4.45. The molecule has 1 aromatic carbocycles. The Morgan fingerprint density at radius 1 is 1.21 bits per heavy atom. The lowest BCUT2D eigenvalue weighted by Gasteiger charge is -2.18. The maximum absolute atomic E-state index is 12.8. The number of nitrogens with zero attached hydrogens (tertiary/aromatic N) is 3. The van der Waals surface area contributed by atoms with E-state index in [9.17, 15) is 4.79 Å². The van der Waals surface area contributed by atoms with E-state index in [2.05, 4.69) is 10.1 Å². The van der Waals surface area contributed by atoms with Gasteiger partial charge in [0.2, 0.25) is 0 Å². The van der Waals surface area contributed by atoms with Crippen LogP contribution in [0.3, 0.4) is 0 Å². The zero-order valence-electron chi connectivity index (χ0n) is 16.4. The van der Waals surface area contributed by atoms with Crippen LogP contribution in [-0.4, -0.2) is 35.1 Å². The van der Waals surface area contributed by atoms with Crippen molar-refractivity contribution in [2.45, 2.75) is 27.0 Å². The van der Waals surface area contributed by atoms with Crippen molar-refractivity contribution in [3.05, 3.63) is 70.9 Å². The third-order valence-corrected chi connectivity index (χ3v) is 4.45. The minimum Gasteiger partial charge on any atom is -0.493 e. The number of amides is 1. The molecule has 0 fully saturated rings. The first-order valence-corrected chi connectivity index (χ1v) is 8.86. The van der Waals surface area contributed by atoms with E-state index in [0.717, 1.165) is 22.6 Å². The molecule has 146 valence electrons. The lowest BCUT2D eigenvalue weighted by atomic mass is 10.1. The topological polar surface area (TPSA) is 77.7 Å². The fourth-order valence-electron chi connectivity index (χ4n) is 2.84. The van der Waals surface area contributed by atoms with E-state index in [1.54, 1.807) is 49.7 Å². The van der Waals surface area contributed by atoms with Crippen LogP contribution in [0.4, 0.5) is 0 Å². The SMILES string of the molecule is COc1cc(C(=O)N(C)Cc2cccnc2)ccc1OCc1c(C)noc1C. The minimum absolute atomic E-state index is 0.112. The van der Waals surface area contributed by atoms with Crippen LogP contribution in [0, 0.1) is 13.8 Å². The summed E-state index contributed by atoms with van der Waals surface area (Å²) in [5.74, 6) is 1.65. The molecule has 0 unspecified atom stereocenters. The van der Waals surface area contributed by atoms with Crippen LogP contribution in [-0.2, 0) is 13.2 Å². The van der Waals surface area contributed by atoms with Crippen LogP contribution >= 0.6 is 0 Å². The molecule has 0 radical (unpaired) electrons. The number of rotatable bonds is 7. The summed E-state index contributed by atoms with van der Waals surface area (Å²) in [5.41, 5.74) is 3.18.